The molecule has 3 aromatic carbocycles. The molecule has 3 rings (SSSR count). The van der Waals surface area contributed by atoms with Gasteiger partial charge in [-0.2, -0.15) is 0 Å². The van der Waals surface area contributed by atoms with Crippen molar-refractivity contribution in [3.8, 4) is 17.2 Å². The summed E-state index contributed by atoms with van der Waals surface area (Å²) < 4.78 is 11.7. The van der Waals surface area contributed by atoms with Gasteiger partial charge in [0.25, 0.3) is 0 Å². The summed E-state index contributed by atoms with van der Waals surface area (Å²) in [7, 11) is 0. The molecule has 4 nitrogen and oxygen atoms in total. The van der Waals surface area contributed by atoms with Crippen molar-refractivity contribution in [3.63, 3.8) is 0 Å². The van der Waals surface area contributed by atoms with Gasteiger partial charge in [0.05, 0.1) is 16.7 Å². The Morgan fingerprint density at radius 2 is 1.50 bits per heavy atom. The lowest BCUT2D eigenvalue weighted by molar-refractivity contribution is 0.269. The second-order valence-corrected chi connectivity index (χ2v) is 7.96. The van der Waals surface area contributed by atoms with E-state index in [2.05, 4.69) is 5.32 Å². The third-order valence-corrected chi connectivity index (χ3v) is 5.36. The fourth-order valence-corrected chi connectivity index (χ4v) is 3.51. The smallest absolute Gasteiger partial charge is 0.163 e. The van der Waals surface area contributed by atoms with E-state index in [1.165, 1.54) is 5.56 Å². The Bertz CT molecular complexity index is 1000. The Hall–Kier alpha value is -2.27. The number of hydrogen-bond donors (Lipinski definition) is 2. The van der Waals surface area contributed by atoms with Crippen molar-refractivity contribution >= 4 is 40.5 Å². The van der Waals surface area contributed by atoms with E-state index >= 15 is 0 Å². The summed E-state index contributed by atoms with van der Waals surface area (Å²) in [5.74, 6) is 1.06. The first-order chi connectivity index (χ1) is 14.4. The van der Waals surface area contributed by atoms with Gasteiger partial charge in [0.15, 0.2) is 17.2 Å². The first-order valence-corrected chi connectivity index (χ1v) is 10.6. The van der Waals surface area contributed by atoms with Gasteiger partial charge in [0, 0.05) is 23.3 Å². The molecule has 7 heteroatoms. The molecule has 0 aliphatic heterocycles. The molecule has 0 fully saturated rings. The van der Waals surface area contributed by atoms with E-state index in [4.69, 9.17) is 44.3 Å². The molecule has 0 unspecified atom stereocenters. The van der Waals surface area contributed by atoms with Crippen molar-refractivity contribution in [1.82, 2.24) is 0 Å². The van der Waals surface area contributed by atoms with Crippen molar-refractivity contribution < 1.29 is 14.6 Å². The highest BCUT2D eigenvalue weighted by atomic mass is 35.5. The zero-order valence-corrected chi connectivity index (χ0v) is 18.9. The largest absolute Gasteiger partial charge is 0.505 e. The number of phenolic OH excluding ortho intramolecular Hbond substituents is 1. The van der Waals surface area contributed by atoms with Gasteiger partial charge in [-0.25, -0.2) is 0 Å². The van der Waals surface area contributed by atoms with E-state index < -0.39 is 0 Å². The second kappa shape index (κ2) is 10.2. The minimum absolute atomic E-state index is 0.143. The maximum absolute atomic E-state index is 9.69. The van der Waals surface area contributed by atoms with Crippen LogP contribution in [-0.2, 0) is 13.2 Å². The average molecular weight is 467 g/mol. The number of benzene rings is 3. The third kappa shape index (κ3) is 5.66. The van der Waals surface area contributed by atoms with Gasteiger partial charge in [-0.1, -0.05) is 64.6 Å². The first-order valence-electron chi connectivity index (χ1n) is 9.42. The van der Waals surface area contributed by atoms with Crippen LogP contribution in [0.1, 0.15) is 23.6 Å². The Kier molecular flexibility index (Phi) is 7.59. The summed E-state index contributed by atoms with van der Waals surface area (Å²) in [5, 5.41) is 13.8. The van der Waals surface area contributed by atoms with E-state index in [0.29, 0.717) is 42.0 Å². The first kappa shape index (κ1) is 22.4. The maximum Gasteiger partial charge on any atom is 0.163 e. The normalized spacial score (nSPS) is 10.7. The van der Waals surface area contributed by atoms with Crippen LogP contribution in [0.2, 0.25) is 15.1 Å². The molecule has 158 valence electrons. The zero-order chi connectivity index (χ0) is 21.7. The van der Waals surface area contributed by atoms with Crippen LogP contribution in [0.5, 0.6) is 17.2 Å². The summed E-state index contributed by atoms with van der Waals surface area (Å²) in [6.45, 7) is 5.28. The molecule has 30 heavy (non-hydrogen) atoms. The lowest BCUT2D eigenvalue weighted by atomic mass is 10.1. The van der Waals surface area contributed by atoms with Crippen LogP contribution in [0.25, 0.3) is 0 Å². The van der Waals surface area contributed by atoms with E-state index in [1.54, 1.807) is 18.2 Å². The van der Waals surface area contributed by atoms with Gasteiger partial charge in [0.1, 0.15) is 6.61 Å². The van der Waals surface area contributed by atoms with Crippen LogP contribution < -0.4 is 14.8 Å². The van der Waals surface area contributed by atoms with Crippen molar-refractivity contribution in [2.24, 2.45) is 0 Å². The molecule has 2 N–H and O–H groups in total. The molecular weight excluding hydrogens is 445 g/mol. The molecule has 0 spiro atoms. The van der Waals surface area contributed by atoms with Crippen molar-refractivity contribution in [3.05, 3.63) is 80.3 Å². The molecule has 0 amide bonds. The fourth-order valence-electron chi connectivity index (χ4n) is 2.80. The number of ether oxygens (including phenoxy) is 2. The second-order valence-electron chi connectivity index (χ2n) is 6.74. The van der Waals surface area contributed by atoms with Crippen LogP contribution in [0.15, 0.2) is 48.5 Å². The van der Waals surface area contributed by atoms with Gasteiger partial charge in [-0.05, 0) is 43.2 Å². The number of phenols is 1. The predicted octanol–water partition coefficient (Wildman–Crippen LogP) is 7.25. The van der Waals surface area contributed by atoms with Gasteiger partial charge in [-0.15, -0.1) is 0 Å². The van der Waals surface area contributed by atoms with Crippen LogP contribution in [0, 0.1) is 6.92 Å². The van der Waals surface area contributed by atoms with Gasteiger partial charge >= 0.3 is 0 Å². The predicted molar refractivity (Wildman–Crippen MR) is 124 cm³/mol. The number of aromatic hydroxyl groups is 1. The highest BCUT2D eigenvalue weighted by Gasteiger charge is 2.13. The molecule has 0 atom stereocenters. The molecule has 0 aromatic heterocycles. The Labute approximate surface area is 191 Å². The molecule has 0 saturated carbocycles. The topological polar surface area (TPSA) is 50.7 Å². The summed E-state index contributed by atoms with van der Waals surface area (Å²) in [4.78, 5) is 0. The van der Waals surface area contributed by atoms with Crippen LogP contribution in [0.4, 0.5) is 5.69 Å². The lowest BCUT2D eigenvalue weighted by Gasteiger charge is -2.16. The monoisotopic (exact) mass is 465 g/mol. The highest BCUT2D eigenvalue weighted by molar-refractivity contribution is 6.37. The molecular formula is C23H22Cl3NO3. The van der Waals surface area contributed by atoms with Crippen molar-refractivity contribution in [2.45, 2.75) is 27.0 Å². The Morgan fingerprint density at radius 1 is 0.867 bits per heavy atom. The van der Waals surface area contributed by atoms with E-state index in [-0.39, 0.29) is 15.8 Å². The van der Waals surface area contributed by atoms with E-state index in [1.807, 2.05) is 44.2 Å². The van der Waals surface area contributed by atoms with Gasteiger partial charge in [0.2, 0.25) is 0 Å². The van der Waals surface area contributed by atoms with E-state index in [9.17, 15) is 5.11 Å². The van der Waals surface area contributed by atoms with Gasteiger partial charge < -0.3 is 19.9 Å². The average Bonchev–Trinajstić information content (AvgIpc) is 2.72. The fraction of sp³-hybridized carbons (Fsp3) is 0.217. The lowest BCUT2D eigenvalue weighted by Crippen LogP contribution is -2.04. The van der Waals surface area contributed by atoms with Crippen LogP contribution in [-0.4, -0.2) is 11.7 Å². The molecule has 0 heterocycles. The molecule has 3 aromatic rings. The van der Waals surface area contributed by atoms with Crippen LogP contribution >= 0.6 is 34.8 Å². The van der Waals surface area contributed by atoms with E-state index in [0.717, 1.165) is 11.1 Å². The SMILES string of the molecule is CCOc1cc(CNc2cc(Cl)c(O)c(Cl)c2)c(Cl)cc1OCc1ccc(C)cc1. The van der Waals surface area contributed by atoms with Crippen molar-refractivity contribution in [2.75, 3.05) is 11.9 Å². The molecule has 0 saturated heterocycles. The summed E-state index contributed by atoms with van der Waals surface area (Å²) >= 11 is 18.4. The molecule has 0 aliphatic carbocycles. The zero-order valence-electron chi connectivity index (χ0n) is 16.6. The summed E-state index contributed by atoms with van der Waals surface area (Å²) in [6, 6.07) is 15.0. The standard InChI is InChI=1S/C23H22Cl3NO3/c1-3-29-21-8-16(12-27-17-9-19(25)23(28)20(26)10-17)18(24)11-22(21)30-13-15-6-4-14(2)5-7-15/h4-11,27-28H,3,12-13H2,1-2H3. The quantitative estimate of drug-likeness (QED) is 0.343. The number of nitrogens with one attached hydrogen (secondary N) is 1. The third-order valence-electron chi connectivity index (χ3n) is 4.43. The van der Waals surface area contributed by atoms with Gasteiger partial charge in [-0.3, -0.25) is 0 Å². The number of anilines is 1. The highest BCUT2D eigenvalue weighted by Crippen LogP contribution is 2.37. The Morgan fingerprint density at radius 3 is 2.13 bits per heavy atom. The molecule has 0 bridgehead atoms. The summed E-state index contributed by atoms with van der Waals surface area (Å²) in [5.41, 5.74) is 3.75. The number of aryl methyl sites for hydroxylation is 1. The minimum Gasteiger partial charge on any atom is -0.505 e. The Balaban J connectivity index is 1.75. The number of rotatable bonds is 8. The number of hydrogen-bond acceptors (Lipinski definition) is 4. The van der Waals surface area contributed by atoms with Crippen LogP contribution in [0.3, 0.4) is 0 Å². The van der Waals surface area contributed by atoms with Crippen molar-refractivity contribution in [1.29, 1.82) is 0 Å². The minimum atomic E-state index is -0.143. The summed E-state index contributed by atoms with van der Waals surface area (Å²) in [6.07, 6.45) is 0. The molecule has 0 radical (unpaired) electrons. The number of halogens is 3. The maximum atomic E-state index is 9.69. The molecule has 0 aliphatic rings.